The van der Waals surface area contributed by atoms with E-state index in [0.717, 1.165) is 18.4 Å². The molecule has 2 aromatic carbocycles. The van der Waals surface area contributed by atoms with Crippen LogP contribution in [0.15, 0.2) is 42.5 Å². The first-order chi connectivity index (χ1) is 10.5. The van der Waals surface area contributed by atoms with Gasteiger partial charge in [0, 0.05) is 15.7 Å². The Morgan fingerprint density at radius 3 is 2.18 bits per heavy atom. The first-order valence-corrected chi connectivity index (χ1v) is 7.85. The van der Waals surface area contributed by atoms with Crippen LogP contribution in [0.2, 0.25) is 10.0 Å². The lowest BCUT2D eigenvalue weighted by Gasteiger charge is -2.19. The highest BCUT2D eigenvalue weighted by atomic mass is 35.5. The summed E-state index contributed by atoms with van der Waals surface area (Å²) < 4.78 is 0. The van der Waals surface area contributed by atoms with E-state index in [9.17, 15) is 4.79 Å². The summed E-state index contributed by atoms with van der Waals surface area (Å²) in [4.78, 5) is 12.2. The Balaban J connectivity index is 1.70. The second kappa shape index (κ2) is 5.82. The summed E-state index contributed by atoms with van der Waals surface area (Å²) in [6.07, 6.45) is 1.89. The Hall–Kier alpha value is -1.71. The molecule has 0 unspecified atom stereocenters. The van der Waals surface area contributed by atoms with Gasteiger partial charge in [-0.25, -0.2) is 4.79 Å². The van der Waals surface area contributed by atoms with Crippen molar-refractivity contribution in [2.45, 2.75) is 25.3 Å². The molecule has 0 heterocycles. The zero-order valence-electron chi connectivity index (χ0n) is 12.1. The second-order valence-corrected chi connectivity index (χ2v) is 6.56. The maximum Gasteiger partial charge on any atom is 0.319 e. The van der Waals surface area contributed by atoms with Crippen LogP contribution < -0.4 is 10.6 Å². The van der Waals surface area contributed by atoms with E-state index in [2.05, 4.69) is 34.9 Å². The average Bonchev–Trinajstić information content (AvgIpc) is 3.18. The molecule has 0 spiro atoms. The third kappa shape index (κ3) is 3.37. The molecule has 0 aliphatic heterocycles. The fourth-order valence-electron chi connectivity index (χ4n) is 2.49. The van der Waals surface area contributed by atoms with Gasteiger partial charge in [-0.15, -0.1) is 0 Å². The Labute approximate surface area is 139 Å². The second-order valence-electron chi connectivity index (χ2n) is 5.69. The number of anilines is 1. The van der Waals surface area contributed by atoms with Crippen LogP contribution in [0.4, 0.5) is 10.5 Å². The van der Waals surface area contributed by atoms with Crippen molar-refractivity contribution in [3.8, 4) is 0 Å². The number of hydrogen-bond acceptors (Lipinski definition) is 1. The highest BCUT2D eigenvalue weighted by Gasteiger charge is 2.45. The van der Waals surface area contributed by atoms with E-state index in [1.54, 1.807) is 18.2 Å². The van der Waals surface area contributed by atoms with Crippen LogP contribution in [-0.2, 0) is 5.54 Å². The van der Waals surface area contributed by atoms with Crippen molar-refractivity contribution >= 4 is 34.9 Å². The van der Waals surface area contributed by atoms with Gasteiger partial charge in [-0.2, -0.15) is 0 Å². The topological polar surface area (TPSA) is 41.1 Å². The molecule has 2 N–H and O–H groups in total. The molecular weight excluding hydrogens is 319 g/mol. The van der Waals surface area contributed by atoms with Gasteiger partial charge >= 0.3 is 6.03 Å². The lowest BCUT2D eigenvalue weighted by molar-refractivity contribution is 0.247. The van der Waals surface area contributed by atoms with Crippen molar-refractivity contribution in [1.82, 2.24) is 5.32 Å². The first-order valence-electron chi connectivity index (χ1n) is 7.09. The van der Waals surface area contributed by atoms with Crippen LogP contribution in [0.1, 0.15) is 24.0 Å². The number of urea groups is 1. The van der Waals surface area contributed by atoms with E-state index < -0.39 is 0 Å². The van der Waals surface area contributed by atoms with E-state index in [1.165, 1.54) is 5.56 Å². The highest BCUT2D eigenvalue weighted by molar-refractivity contribution is 6.35. The molecule has 2 amide bonds. The Kier molecular flexibility index (Phi) is 4.02. The minimum absolute atomic E-state index is 0.250. The smallest absolute Gasteiger partial charge is 0.319 e. The number of carbonyl (C=O) groups is 1. The third-order valence-electron chi connectivity index (χ3n) is 3.83. The molecular formula is C17H16Cl2N2O. The number of amides is 2. The van der Waals surface area contributed by atoms with Gasteiger partial charge in [0.2, 0.25) is 0 Å². The summed E-state index contributed by atoms with van der Waals surface area (Å²) in [7, 11) is 0. The molecule has 3 rings (SSSR count). The van der Waals surface area contributed by atoms with Gasteiger partial charge in [0.15, 0.2) is 0 Å². The lowest BCUT2D eigenvalue weighted by atomic mass is 10.0. The number of carbonyl (C=O) groups excluding carboxylic acids is 1. The van der Waals surface area contributed by atoms with Crippen molar-refractivity contribution in [3.63, 3.8) is 0 Å². The van der Waals surface area contributed by atoms with Gasteiger partial charge in [0.1, 0.15) is 0 Å². The minimum atomic E-state index is -0.253. The standard InChI is InChI=1S/C17H16Cl2N2O/c1-11-2-4-12(5-3-11)17(6-7-17)21-16(22)20-15-9-13(18)8-14(19)10-15/h2-5,8-10H,6-7H2,1H3,(H2,20,21,22). The normalized spacial score (nSPS) is 15.2. The molecule has 1 aliphatic carbocycles. The number of aryl methyl sites for hydroxylation is 1. The van der Waals surface area contributed by atoms with Crippen molar-refractivity contribution in [1.29, 1.82) is 0 Å². The van der Waals surface area contributed by atoms with E-state index in [-0.39, 0.29) is 11.6 Å². The summed E-state index contributed by atoms with van der Waals surface area (Å²) >= 11 is 11.9. The van der Waals surface area contributed by atoms with Crippen molar-refractivity contribution in [3.05, 3.63) is 63.6 Å². The van der Waals surface area contributed by atoms with E-state index in [0.29, 0.717) is 15.7 Å². The summed E-state index contributed by atoms with van der Waals surface area (Å²) in [5.74, 6) is 0. The van der Waals surface area contributed by atoms with Gasteiger partial charge in [0.05, 0.1) is 5.54 Å². The van der Waals surface area contributed by atoms with E-state index in [4.69, 9.17) is 23.2 Å². The van der Waals surface area contributed by atoms with Gasteiger partial charge in [-0.05, 0) is 43.5 Å². The van der Waals surface area contributed by atoms with Crippen LogP contribution in [-0.4, -0.2) is 6.03 Å². The van der Waals surface area contributed by atoms with Crippen LogP contribution in [0.25, 0.3) is 0 Å². The number of hydrogen-bond donors (Lipinski definition) is 2. The SMILES string of the molecule is Cc1ccc(C2(NC(=O)Nc3cc(Cl)cc(Cl)c3)CC2)cc1. The van der Waals surface area contributed by atoms with Gasteiger partial charge in [-0.1, -0.05) is 53.0 Å². The molecule has 22 heavy (non-hydrogen) atoms. The molecule has 5 heteroatoms. The lowest BCUT2D eigenvalue weighted by Crippen LogP contribution is -2.38. The van der Waals surface area contributed by atoms with Crippen molar-refractivity contribution < 1.29 is 4.79 Å². The zero-order valence-corrected chi connectivity index (χ0v) is 13.6. The molecule has 2 aromatic rings. The molecule has 1 saturated carbocycles. The fraction of sp³-hybridized carbons (Fsp3) is 0.235. The maximum absolute atomic E-state index is 12.2. The van der Waals surface area contributed by atoms with Gasteiger partial charge in [-0.3, -0.25) is 0 Å². The molecule has 0 atom stereocenters. The molecule has 1 fully saturated rings. The molecule has 0 saturated heterocycles. The Morgan fingerprint density at radius 2 is 1.64 bits per heavy atom. The molecule has 3 nitrogen and oxygen atoms in total. The summed E-state index contributed by atoms with van der Waals surface area (Å²) in [5, 5.41) is 6.81. The summed E-state index contributed by atoms with van der Waals surface area (Å²) in [6, 6.07) is 13.0. The third-order valence-corrected chi connectivity index (χ3v) is 4.26. The van der Waals surface area contributed by atoms with Gasteiger partial charge < -0.3 is 10.6 Å². The molecule has 114 valence electrons. The van der Waals surface area contributed by atoms with Crippen LogP contribution in [0.5, 0.6) is 0 Å². The summed E-state index contributed by atoms with van der Waals surface area (Å²) in [5.41, 5.74) is 2.67. The monoisotopic (exact) mass is 334 g/mol. The quantitative estimate of drug-likeness (QED) is 0.804. The maximum atomic E-state index is 12.2. The molecule has 1 aliphatic rings. The Bertz CT molecular complexity index is 689. The number of rotatable bonds is 3. The van der Waals surface area contributed by atoms with Crippen LogP contribution in [0.3, 0.4) is 0 Å². The predicted molar refractivity (Wildman–Crippen MR) is 90.7 cm³/mol. The zero-order chi connectivity index (χ0) is 15.7. The number of nitrogens with one attached hydrogen (secondary N) is 2. The molecule has 0 bridgehead atoms. The van der Waals surface area contributed by atoms with E-state index >= 15 is 0 Å². The van der Waals surface area contributed by atoms with E-state index in [1.807, 2.05) is 6.92 Å². The molecule has 0 radical (unpaired) electrons. The highest BCUT2D eigenvalue weighted by Crippen LogP contribution is 2.45. The first kappa shape index (κ1) is 15.2. The largest absolute Gasteiger partial charge is 0.328 e. The van der Waals surface area contributed by atoms with Gasteiger partial charge in [0.25, 0.3) is 0 Å². The predicted octanol–water partition coefficient (Wildman–Crippen LogP) is 5.11. The average molecular weight is 335 g/mol. The molecule has 0 aromatic heterocycles. The van der Waals surface area contributed by atoms with Crippen LogP contribution >= 0.6 is 23.2 Å². The Morgan fingerprint density at radius 1 is 1.05 bits per heavy atom. The fourth-order valence-corrected chi connectivity index (χ4v) is 3.02. The minimum Gasteiger partial charge on any atom is -0.328 e. The summed E-state index contributed by atoms with van der Waals surface area (Å²) in [6.45, 7) is 2.05. The van der Waals surface area contributed by atoms with Crippen molar-refractivity contribution in [2.24, 2.45) is 0 Å². The van der Waals surface area contributed by atoms with Crippen molar-refractivity contribution in [2.75, 3.05) is 5.32 Å². The number of benzene rings is 2. The number of halogens is 2. The van der Waals surface area contributed by atoms with Crippen LogP contribution in [0, 0.1) is 6.92 Å².